The monoisotopic (exact) mass is 263 g/mol. The van der Waals surface area contributed by atoms with Crippen molar-refractivity contribution in [1.29, 1.82) is 0 Å². The maximum absolute atomic E-state index is 4.73. The Balaban J connectivity index is 2.69. The van der Waals surface area contributed by atoms with Gasteiger partial charge in [0.2, 0.25) is 0 Å². The largest absolute Gasteiger partial charge is 0.370 e. The lowest BCUT2D eigenvalue weighted by Gasteiger charge is -2.24. The minimum atomic E-state index is 0.986. The number of hydrogen-bond acceptors (Lipinski definition) is 3. The third-order valence-electron chi connectivity index (χ3n) is 3.18. The van der Waals surface area contributed by atoms with Gasteiger partial charge in [-0.15, -0.1) is 0 Å². The Morgan fingerprint density at radius 3 is 2.26 bits per heavy atom. The van der Waals surface area contributed by atoms with Gasteiger partial charge in [-0.1, -0.05) is 39.7 Å². The molecule has 0 radical (unpaired) electrons. The number of pyridine rings is 1. The molecule has 0 aliphatic heterocycles. The summed E-state index contributed by atoms with van der Waals surface area (Å²) in [6.07, 6.45) is 6.06. The highest BCUT2D eigenvalue weighted by Gasteiger charge is 2.07. The molecule has 0 spiro atoms. The molecule has 0 atom stereocenters. The van der Waals surface area contributed by atoms with Crippen LogP contribution in [0.2, 0.25) is 0 Å². The summed E-state index contributed by atoms with van der Waals surface area (Å²) in [6.45, 7) is 9.86. The molecule has 1 aromatic heterocycles. The van der Waals surface area contributed by atoms with Gasteiger partial charge in [-0.25, -0.2) is 4.98 Å². The van der Waals surface area contributed by atoms with E-state index in [-0.39, 0.29) is 0 Å². The van der Waals surface area contributed by atoms with Crippen LogP contribution in [0, 0.1) is 0 Å². The molecule has 0 aromatic carbocycles. The highest BCUT2D eigenvalue weighted by molar-refractivity contribution is 5.47. The first-order valence-corrected chi connectivity index (χ1v) is 7.77. The summed E-state index contributed by atoms with van der Waals surface area (Å²) in [5, 5.41) is 3.36. The molecule has 108 valence electrons. The number of aromatic nitrogens is 1. The van der Waals surface area contributed by atoms with E-state index in [0.717, 1.165) is 37.7 Å². The molecular formula is C16H29N3. The molecule has 0 aliphatic rings. The van der Waals surface area contributed by atoms with Crippen molar-refractivity contribution >= 4 is 11.6 Å². The molecule has 1 rings (SSSR count). The van der Waals surface area contributed by atoms with Gasteiger partial charge in [0.25, 0.3) is 0 Å². The normalized spacial score (nSPS) is 10.5. The Morgan fingerprint density at radius 2 is 1.68 bits per heavy atom. The first-order valence-electron chi connectivity index (χ1n) is 7.77. The van der Waals surface area contributed by atoms with E-state index in [1.54, 1.807) is 0 Å². The molecule has 0 saturated carbocycles. The zero-order chi connectivity index (χ0) is 13.9. The van der Waals surface area contributed by atoms with Crippen LogP contribution in [-0.2, 0) is 0 Å². The fraction of sp³-hybridized carbons (Fsp3) is 0.688. The number of hydrogen-bond donors (Lipinski definition) is 1. The summed E-state index contributed by atoms with van der Waals surface area (Å²) in [5.41, 5.74) is 0. The molecule has 0 aliphatic carbocycles. The van der Waals surface area contributed by atoms with Crippen molar-refractivity contribution in [3.63, 3.8) is 0 Å². The van der Waals surface area contributed by atoms with Gasteiger partial charge in [-0.05, 0) is 31.4 Å². The number of rotatable bonds is 10. The maximum atomic E-state index is 4.73. The van der Waals surface area contributed by atoms with Gasteiger partial charge in [-0.3, -0.25) is 0 Å². The van der Waals surface area contributed by atoms with E-state index >= 15 is 0 Å². The average Bonchev–Trinajstić information content (AvgIpc) is 2.45. The van der Waals surface area contributed by atoms with E-state index in [2.05, 4.69) is 49.2 Å². The predicted molar refractivity (Wildman–Crippen MR) is 85.0 cm³/mol. The molecule has 0 fully saturated rings. The SMILES string of the molecule is CCCCN(CCCC)c1cccc(NCCC)n1. The van der Waals surface area contributed by atoms with Crippen LogP contribution in [0.15, 0.2) is 18.2 Å². The van der Waals surface area contributed by atoms with Gasteiger partial charge in [-0.2, -0.15) is 0 Å². The van der Waals surface area contributed by atoms with Crippen LogP contribution in [0.4, 0.5) is 11.6 Å². The Hall–Kier alpha value is -1.25. The van der Waals surface area contributed by atoms with Crippen LogP contribution in [0.5, 0.6) is 0 Å². The van der Waals surface area contributed by atoms with Crippen LogP contribution in [-0.4, -0.2) is 24.6 Å². The van der Waals surface area contributed by atoms with E-state index in [1.807, 2.05) is 0 Å². The van der Waals surface area contributed by atoms with Crippen molar-refractivity contribution in [2.75, 3.05) is 29.9 Å². The lowest BCUT2D eigenvalue weighted by atomic mass is 10.2. The number of unbranched alkanes of at least 4 members (excludes halogenated alkanes) is 2. The minimum Gasteiger partial charge on any atom is -0.370 e. The highest BCUT2D eigenvalue weighted by atomic mass is 15.2. The Kier molecular flexibility index (Phi) is 8.03. The lowest BCUT2D eigenvalue weighted by Crippen LogP contribution is -2.26. The Labute approximate surface area is 118 Å². The van der Waals surface area contributed by atoms with Crippen molar-refractivity contribution in [2.24, 2.45) is 0 Å². The topological polar surface area (TPSA) is 28.2 Å². The smallest absolute Gasteiger partial charge is 0.130 e. The molecule has 3 heteroatoms. The van der Waals surface area contributed by atoms with Crippen molar-refractivity contribution in [3.05, 3.63) is 18.2 Å². The van der Waals surface area contributed by atoms with Crippen LogP contribution < -0.4 is 10.2 Å². The van der Waals surface area contributed by atoms with Gasteiger partial charge >= 0.3 is 0 Å². The second-order valence-electron chi connectivity index (χ2n) is 5.00. The second-order valence-corrected chi connectivity index (χ2v) is 5.00. The van der Waals surface area contributed by atoms with Crippen molar-refractivity contribution in [1.82, 2.24) is 4.98 Å². The second kappa shape index (κ2) is 9.65. The molecule has 0 bridgehead atoms. The molecule has 1 heterocycles. The molecule has 1 aromatic rings. The average molecular weight is 263 g/mol. The van der Waals surface area contributed by atoms with Gasteiger partial charge < -0.3 is 10.2 Å². The van der Waals surface area contributed by atoms with E-state index in [1.165, 1.54) is 25.7 Å². The Bertz CT molecular complexity index is 331. The number of nitrogens with zero attached hydrogens (tertiary/aromatic N) is 2. The van der Waals surface area contributed by atoms with Gasteiger partial charge in [0.1, 0.15) is 11.6 Å². The fourth-order valence-corrected chi connectivity index (χ4v) is 1.99. The quantitative estimate of drug-likeness (QED) is 0.682. The minimum absolute atomic E-state index is 0.986. The number of anilines is 2. The first kappa shape index (κ1) is 15.8. The van der Waals surface area contributed by atoms with E-state index in [9.17, 15) is 0 Å². The van der Waals surface area contributed by atoms with E-state index < -0.39 is 0 Å². The van der Waals surface area contributed by atoms with Crippen molar-refractivity contribution in [3.8, 4) is 0 Å². The summed E-state index contributed by atoms with van der Waals surface area (Å²) in [5.74, 6) is 2.11. The molecule has 19 heavy (non-hydrogen) atoms. The lowest BCUT2D eigenvalue weighted by molar-refractivity contribution is 0.671. The number of nitrogens with one attached hydrogen (secondary N) is 1. The first-order chi connectivity index (χ1) is 9.31. The summed E-state index contributed by atoms with van der Waals surface area (Å²) in [7, 11) is 0. The predicted octanol–water partition coefficient (Wildman–Crippen LogP) is 4.31. The van der Waals surface area contributed by atoms with Crippen LogP contribution in [0.1, 0.15) is 52.9 Å². The van der Waals surface area contributed by atoms with Gasteiger partial charge in [0.05, 0.1) is 0 Å². The highest BCUT2D eigenvalue weighted by Crippen LogP contribution is 2.16. The summed E-state index contributed by atoms with van der Waals surface area (Å²) in [4.78, 5) is 7.15. The molecule has 0 amide bonds. The summed E-state index contributed by atoms with van der Waals surface area (Å²) >= 11 is 0. The standard InChI is InChI=1S/C16H29N3/c1-4-7-13-19(14-8-5-2)16-11-9-10-15(18-16)17-12-6-3/h9-11H,4-8,12-14H2,1-3H3,(H,17,18). The van der Waals surface area contributed by atoms with E-state index in [4.69, 9.17) is 4.98 Å². The molecule has 0 saturated heterocycles. The van der Waals surface area contributed by atoms with Crippen LogP contribution in [0.25, 0.3) is 0 Å². The summed E-state index contributed by atoms with van der Waals surface area (Å²) in [6, 6.07) is 6.28. The zero-order valence-corrected chi connectivity index (χ0v) is 12.8. The fourth-order valence-electron chi connectivity index (χ4n) is 1.99. The third-order valence-corrected chi connectivity index (χ3v) is 3.18. The zero-order valence-electron chi connectivity index (χ0n) is 12.8. The van der Waals surface area contributed by atoms with Crippen LogP contribution in [0.3, 0.4) is 0 Å². The molecule has 3 nitrogen and oxygen atoms in total. The van der Waals surface area contributed by atoms with E-state index in [0.29, 0.717) is 0 Å². The van der Waals surface area contributed by atoms with Gasteiger partial charge in [0, 0.05) is 19.6 Å². The van der Waals surface area contributed by atoms with Gasteiger partial charge in [0.15, 0.2) is 0 Å². The molecular weight excluding hydrogens is 234 g/mol. The van der Waals surface area contributed by atoms with Crippen molar-refractivity contribution < 1.29 is 0 Å². The third kappa shape index (κ3) is 5.95. The van der Waals surface area contributed by atoms with Crippen molar-refractivity contribution in [2.45, 2.75) is 52.9 Å². The Morgan fingerprint density at radius 1 is 1.00 bits per heavy atom. The summed E-state index contributed by atoms with van der Waals surface area (Å²) < 4.78 is 0. The molecule has 1 N–H and O–H groups in total. The maximum Gasteiger partial charge on any atom is 0.130 e. The molecule has 0 unspecified atom stereocenters. The van der Waals surface area contributed by atoms with Crippen LogP contribution >= 0.6 is 0 Å².